The van der Waals surface area contributed by atoms with Gasteiger partial charge in [-0.15, -0.1) is 0 Å². The molecule has 0 spiro atoms. The number of aromatic nitrogens is 1. The van der Waals surface area contributed by atoms with E-state index in [2.05, 4.69) is 16.0 Å². The molecule has 3 N–H and O–H groups in total. The van der Waals surface area contributed by atoms with Crippen molar-refractivity contribution in [3.63, 3.8) is 0 Å². The van der Waals surface area contributed by atoms with Gasteiger partial charge in [0.15, 0.2) is 0 Å². The first kappa shape index (κ1) is 12.2. The predicted molar refractivity (Wildman–Crippen MR) is 78.6 cm³/mol. The van der Waals surface area contributed by atoms with E-state index in [0.717, 1.165) is 36.0 Å². The van der Waals surface area contributed by atoms with E-state index in [4.69, 9.17) is 5.73 Å². The van der Waals surface area contributed by atoms with Gasteiger partial charge in [0, 0.05) is 24.5 Å². The van der Waals surface area contributed by atoms with Gasteiger partial charge in [0.1, 0.15) is 5.82 Å². The molecule has 2 heterocycles. The summed E-state index contributed by atoms with van der Waals surface area (Å²) < 4.78 is 0. The smallest absolute Gasteiger partial charge is 0.257 e. The van der Waals surface area contributed by atoms with Crippen molar-refractivity contribution in [1.82, 2.24) is 4.98 Å². The number of pyridine rings is 1. The molecule has 1 unspecified atom stereocenters. The molecule has 1 aliphatic rings. The topological polar surface area (TPSA) is 62.1 Å². The molecule has 0 amide bonds. The molecule has 4 heteroatoms. The van der Waals surface area contributed by atoms with E-state index in [-0.39, 0.29) is 5.56 Å². The monoisotopic (exact) mass is 257 g/mol. The number of benzene rings is 1. The summed E-state index contributed by atoms with van der Waals surface area (Å²) in [6.45, 7) is 1.60. The molecule has 100 valence electrons. The molecule has 1 saturated heterocycles. The van der Waals surface area contributed by atoms with Gasteiger partial charge in [-0.05, 0) is 36.8 Å². The van der Waals surface area contributed by atoms with Crippen LogP contribution in [-0.2, 0) is 0 Å². The molecule has 3 rings (SSSR count). The number of nitrogens with one attached hydrogen (secondary N) is 1. The van der Waals surface area contributed by atoms with Crippen LogP contribution < -0.4 is 16.2 Å². The third kappa shape index (κ3) is 2.24. The molecule has 0 radical (unpaired) electrons. The van der Waals surface area contributed by atoms with Crippen molar-refractivity contribution < 1.29 is 0 Å². The molecule has 4 nitrogen and oxygen atoms in total. The van der Waals surface area contributed by atoms with Gasteiger partial charge in [0.2, 0.25) is 0 Å². The van der Waals surface area contributed by atoms with Crippen LogP contribution in [0.25, 0.3) is 10.8 Å². The van der Waals surface area contributed by atoms with E-state index in [0.29, 0.717) is 12.6 Å². The van der Waals surface area contributed by atoms with Crippen LogP contribution in [0.15, 0.2) is 35.1 Å². The zero-order valence-electron chi connectivity index (χ0n) is 10.9. The van der Waals surface area contributed by atoms with Crippen LogP contribution in [0.2, 0.25) is 0 Å². The summed E-state index contributed by atoms with van der Waals surface area (Å²) in [5, 5.41) is 1.73. The lowest BCUT2D eigenvalue weighted by molar-refractivity contribution is 0.462. The Morgan fingerprint density at radius 2 is 2.16 bits per heavy atom. The molecular weight excluding hydrogens is 238 g/mol. The van der Waals surface area contributed by atoms with E-state index in [1.165, 1.54) is 6.42 Å². The van der Waals surface area contributed by atoms with Crippen LogP contribution in [0.5, 0.6) is 0 Å². The minimum Gasteiger partial charge on any atom is -0.354 e. The predicted octanol–water partition coefficient (Wildman–Crippen LogP) is 1.85. The number of H-pyrrole nitrogens is 1. The molecule has 0 bridgehead atoms. The van der Waals surface area contributed by atoms with Gasteiger partial charge in [0.05, 0.1) is 0 Å². The molecule has 19 heavy (non-hydrogen) atoms. The van der Waals surface area contributed by atoms with Gasteiger partial charge < -0.3 is 15.6 Å². The second-order valence-electron chi connectivity index (χ2n) is 5.15. The van der Waals surface area contributed by atoms with Crippen LogP contribution in [0.3, 0.4) is 0 Å². The number of fused-ring (bicyclic) bond motifs is 1. The second kappa shape index (κ2) is 5.05. The van der Waals surface area contributed by atoms with Crippen molar-refractivity contribution in [2.45, 2.75) is 25.3 Å². The Bertz CT molecular complexity index is 635. The highest BCUT2D eigenvalue weighted by Gasteiger charge is 2.22. The molecule has 1 aromatic carbocycles. The van der Waals surface area contributed by atoms with Crippen molar-refractivity contribution in [3.8, 4) is 0 Å². The molecule has 1 aromatic heterocycles. The van der Waals surface area contributed by atoms with Crippen LogP contribution in [-0.4, -0.2) is 24.1 Å². The van der Waals surface area contributed by atoms with E-state index < -0.39 is 0 Å². The zero-order chi connectivity index (χ0) is 13.2. The summed E-state index contributed by atoms with van der Waals surface area (Å²) in [6, 6.07) is 10.1. The van der Waals surface area contributed by atoms with Crippen molar-refractivity contribution in [1.29, 1.82) is 0 Å². The van der Waals surface area contributed by atoms with Crippen molar-refractivity contribution >= 4 is 16.6 Å². The van der Waals surface area contributed by atoms with E-state index in [9.17, 15) is 4.79 Å². The maximum absolute atomic E-state index is 12.1. The third-order valence-electron chi connectivity index (χ3n) is 3.95. The Morgan fingerprint density at radius 1 is 1.32 bits per heavy atom. The van der Waals surface area contributed by atoms with E-state index >= 15 is 0 Å². The van der Waals surface area contributed by atoms with Crippen LogP contribution in [0.4, 0.5) is 5.82 Å². The quantitative estimate of drug-likeness (QED) is 0.863. The van der Waals surface area contributed by atoms with E-state index in [1.54, 1.807) is 0 Å². The van der Waals surface area contributed by atoms with Gasteiger partial charge in [-0.2, -0.15) is 0 Å². The lowest BCUT2D eigenvalue weighted by Gasteiger charge is -2.36. The fraction of sp³-hybridized carbons (Fsp3) is 0.400. The number of nitrogens with zero attached hydrogens (tertiary/aromatic N) is 1. The van der Waals surface area contributed by atoms with Gasteiger partial charge in [-0.3, -0.25) is 4.79 Å². The Hall–Kier alpha value is -1.81. The standard InChI is InChI=1S/C15H19N3O/c16-10-12-6-3-4-8-18(12)14-9-11-5-1-2-7-13(11)15(19)17-14/h1-2,5,7,9,12H,3-4,6,8,10,16H2,(H,17,19). The van der Waals surface area contributed by atoms with Crippen molar-refractivity contribution in [3.05, 3.63) is 40.7 Å². The highest BCUT2D eigenvalue weighted by atomic mass is 16.1. The molecule has 2 aromatic rings. The maximum Gasteiger partial charge on any atom is 0.257 e. The van der Waals surface area contributed by atoms with Gasteiger partial charge in [0.25, 0.3) is 5.56 Å². The first-order valence-corrected chi connectivity index (χ1v) is 6.88. The first-order valence-electron chi connectivity index (χ1n) is 6.88. The molecule has 1 atom stereocenters. The number of rotatable bonds is 2. The Labute approximate surface area is 112 Å². The molecule has 1 fully saturated rings. The van der Waals surface area contributed by atoms with Gasteiger partial charge >= 0.3 is 0 Å². The van der Waals surface area contributed by atoms with Gasteiger partial charge in [-0.25, -0.2) is 0 Å². The average molecular weight is 257 g/mol. The minimum absolute atomic E-state index is 0.0190. The number of piperidine rings is 1. The van der Waals surface area contributed by atoms with Crippen LogP contribution in [0, 0.1) is 0 Å². The first-order chi connectivity index (χ1) is 9.29. The normalized spacial score (nSPS) is 19.8. The highest BCUT2D eigenvalue weighted by molar-refractivity contribution is 5.83. The lowest BCUT2D eigenvalue weighted by atomic mass is 10.0. The summed E-state index contributed by atoms with van der Waals surface area (Å²) in [4.78, 5) is 17.4. The Morgan fingerprint density at radius 3 is 3.00 bits per heavy atom. The molecule has 0 saturated carbocycles. The lowest BCUT2D eigenvalue weighted by Crippen LogP contribution is -2.45. The molecule has 1 aliphatic heterocycles. The van der Waals surface area contributed by atoms with Crippen LogP contribution >= 0.6 is 0 Å². The number of hydrogen-bond acceptors (Lipinski definition) is 3. The summed E-state index contributed by atoms with van der Waals surface area (Å²) in [5.41, 5.74) is 5.83. The largest absolute Gasteiger partial charge is 0.354 e. The number of anilines is 1. The summed E-state index contributed by atoms with van der Waals surface area (Å²) in [6.07, 6.45) is 3.48. The fourth-order valence-electron chi connectivity index (χ4n) is 2.91. The number of aromatic amines is 1. The van der Waals surface area contributed by atoms with E-state index in [1.807, 2.05) is 24.3 Å². The number of nitrogens with two attached hydrogens (primary N) is 1. The summed E-state index contributed by atoms with van der Waals surface area (Å²) >= 11 is 0. The number of hydrogen-bond donors (Lipinski definition) is 2. The molecule has 0 aliphatic carbocycles. The fourth-order valence-corrected chi connectivity index (χ4v) is 2.91. The minimum atomic E-state index is -0.0190. The Balaban J connectivity index is 2.07. The summed E-state index contributed by atoms with van der Waals surface area (Å²) in [7, 11) is 0. The SMILES string of the molecule is NCC1CCCCN1c1cc2ccccc2c(=O)[nH]1. The summed E-state index contributed by atoms with van der Waals surface area (Å²) in [5.74, 6) is 0.902. The molecular formula is C15H19N3O. The highest BCUT2D eigenvalue weighted by Crippen LogP contribution is 2.24. The van der Waals surface area contributed by atoms with Crippen molar-refractivity contribution in [2.75, 3.05) is 18.0 Å². The maximum atomic E-state index is 12.1. The third-order valence-corrected chi connectivity index (χ3v) is 3.95. The van der Waals surface area contributed by atoms with Gasteiger partial charge in [-0.1, -0.05) is 18.2 Å². The second-order valence-corrected chi connectivity index (χ2v) is 5.15. The van der Waals surface area contributed by atoms with Crippen molar-refractivity contribution in [2.24, 2.45) is 5.73 Å². The van der Waals surface area contributed by atoms with Crippen LogP contribution in [0.1, 0.15) is 19.3 Å². The zero-order valence-corrected chi connectivity index (χ0v) is 10.9. The average Bonchev–Trinajstić information content (AvgIpc) is 2.47. The Kier molecular flexibility index (Phi) is 3.25.